The normalized spacial score (nSPS) is 10.8. The predicted molar refractivity (Wildman–Crippen MR) is 36.1 cm³/mol. The topological polar surface area (TPSA) is 24.1 Å². The van der Waals surface area contributed by atoms with Crippen molar-refractivity contribution in [2.45, 2.75) is 6.92 Å². The molecule has 0 fully saturated rings. The highest BCUT2D eigenvalue weighted by molar-refractivity contribution is 4.84. The molecule has 0 bridgehead atoms. The summed E-state index contributed by atoms with van der Waals surface area (Å²) in [6.45, 7) is 1.96. The third kappa shape index (κ3) is 5.08. The van der Waals surface area contributed by atoms with Gasteiger partial charge in [-0.1, -0.05) is 6.08 Å². The maximum absolute atomic E-state index is 2.91. The van der Waals surface area contributed by atoms with E-state index in [1.54, 1.807) is 0 Å². The van der Waals surface area contributed by atoms with Crippen LogP contribution in [0.3, 0.4) is 0 Å². The lowest BCUT2D eigenvalue weighted by molar-refractivity contribution is 1.06. The Morgan fingerprint density at radius 1 is 1.12 bits per heavy atom. The van der Waals surface area contributed by atoms with Crippen LogP contribution in [0.25, 0.3) is 0 Å². The van der Waals surface area contributed by atoms with Crippen molar-refractivity contribution < 1.29 is 0 Å². The SMILES string of the molecule is C/C=C\N/C=C\NC. The van der Waals surface area contributed by atoms with Gasteiger partial charge in [-0.05, 0) is 13.1 Å². The summed E-state index contributed by atoms with van der Waals surface area (Å²) in [6.07, 6.45) is 7.42. The highest BCUT2D eigenvalue weighted by atomic mass is 14.8. The Kier molecular flexibility index (Phi) is 5.38. The van der Waals surface area contributed by atoms with Gasteiger partial charge in [0.1, 0.15) is 0 Å². The molecule has 0 heterocycles. The molecule has 0 aliphatic rings. The smallest absolute Gasteiger partial charge is 0.0163 e. The Morgan fingerprint density at radius 2 is 1.88 bits per heavy atom. The molecule has 0 saturated heterocycles. The van der Waals surface area contributed by atoms with Crippen LogP contribution < -0.4 is 10.6 Å². The summed E-state index contributed by atoms with van der Waals surface area (Å²) in [6, 6.07) is 0. The fourth-order valence-corrected chi connectivity index (χ4v) is 0.283. The lowest BCUT2D eigenvalue weighted by Crippen LogP contribution is -1.97. The summed E-state index contributed by atoms with van der Waals surface area (Å²) in [4.78, 5) is 0. The molecule has 0 rings (SSSR count). The molecule has 0 aliphatic carbocycles. The molecule has 0 amide bonds. The highest BCUT2D eigenvalue weighted by Crippen LogP contribution is 1.62. The van der Waals surface area contributed by atoms with Crippen molar-refractivity contribution in [3.05, 3.63) is 24.7 Å². The monoisotopic (exact) mass is 112 g/mol. The van der Waals surface area contributed by atoms with Crippen molar-refractivity contribution in [1.82, 2.24) is 10.6 Å². The van der Waals surface area contributed by atoms with Gasteiger partial charge in [-0.2, -0.15) is 0 Å². The number of allylic oxidation sites excluding steroid dienone is 1. The zero-order chi connectivity index (χ0) is 6.24. The van der Waals surface area contributed by atoms with Crippen LogP contribution in [-0.4, -0.2) is 7.05 Å². The molecule has 8 heavy (non-hydrogen) atoms. The van der Waals surface area contributed by atoms with E-state index in [0.29, 0.717) is 0 Å². The van der Waals surface area contributed by atoms with Crippen molar-refractivity contribution >= 4 is 0 Å². The predicted octanol–water partition coefficient (Wildman–Crippen LogP) is 0.800. The minimum Gasteiger partial charge on any atom is -0.393 e. The number of nitrogens with one attached hydrogen (secondary N) is 2. The molecule has 0 aliphatic heterocycles. The zero-order valence-electron chi connectivity index (χ0n) is 5.31. The molecule has 46 valence electrons. The zero-order valence-corrected chi connectivity index (χ0v) is 5.31. The van der Waals surface area contributed by atoms with Gasteiger partial charge in [0, 0.05) is 19.4 Å². The average Bonchev–Trinajstić information content (AvgIpc) is 1.81. The van der Waals surface area contributed by atoms with Gasteiger partial charge in [0.15, 0.2) is 0 Å². The van der Waals surface area contributed by atoms with Crippen molar-refractivity contribution in [2.24, 2.45) is 0 Å². The molecule has 0 aromatic carbocycles. The van der Waals surface area contributed by atoms with E-state index in [1.165, 1.54) is 0 Å². The first-order chi connectivity index (χ1) is 3.91. The lowest BCUT2D eigenvalue weighted by Gasteiger charge is -1.86. The first-order valence-electron chi connectivity index (χ1n) is 2.61. The minimum absolute atomic E-state index is 1.82. The summed E-state index contributed by atoms with van der Waals surface area (Å²) in [5, 5.41) is 5.76. The van der Waals surface area contributed by atoms with Gasteiger partial charge in [-0.3, -0.25) is 0 Å². The molecule has 0 unspecified atom stereocenters. The van der Waals surface area contributed by atoms with E-state index in [9.17, 15) is 0 Å². The van der Waals surface area contributed by atoms with Gasteiger partial charge in [0.25, 0.3) is 0 Å². The summed E-state index contributed by atoms with van der Waals surface area (Å²) in [5.74, 6) is 0. The standard InChI is InChI=1S/C6H12N2/c1-3-4-8-6-5-7-2/h3-8H,1-2H3/b4-3-,6-5-. The third-order valence-corrected chi connectivity index (χ3v) is 0.609. The van der Waals surface area contributed by atoms with Gasteiger partial charge in [-0.15, -0.1) is 0 Å². The Labute approximate surface area is 50.3 Å². The van der Waals surface area contributed by atoms with Crippen LogP contribution >= 0.6 is 0 Å². The van der Waals surface area contributed by atoms with Gasteiger partial charge < -0.3 is 10.6 Å². The van der Waals surface area contributed by atoms with Crippen molar-refractivity contribution in [2.75, 3.05) is 7.05 Å². The second-order valence-electron chi connectivity index (χ2n) is 1.29. The highest BCUT2D eigenvalue weighted by Gasteiger charge is 1.59. The van der Waals surface area contributed by atoms with Gasteiger partial charge in [0.2, 0.25) is 0 Å². The fourth-order valence-electron chi connectivity index (χ4n) is 0.283. The molecule has 2 nitrogen and oxygen atoms in total. The average molecular weight is 112 g/mol. The lowest BCUT2D eigenvalue weighted by atomic mass is 10.7. The van der Waals surface area contributed by atoms with Crippen molar-refractivity contribution in [3.63, 3.8) is 0 Å². The van der Waals surface area contributed by atoms with E-state index < -0.39 is 0 Å². The van der Waals surface area contributed by atoms with Crippen LogP contribution in [0.5, 0.6) is 0 Å². The first-order valence-corrected chi connectivity index (χ1v) is 2.61. The summed E-state index contributed by atoms with van der Waals surface area (Å²) in [5.41, 5.74) is 0. The fraction of sp³-hybridized carbons (Fsp3) is 0.333. The number of rotatable bonds is 3. The number of hydrogen-bond acceptors (Lipinski definition) is 2. The molecule has 2 N–H and O–H groups in total. The quantitative estimate of drug-likeness (QED) is 0.564. The molecular formula is C6H12N2. The second kappa shape index (κ2) is 6.08. The summed E-state index contributed by atoms with van der Waals surface area (Å²) >= 11 is 0. The third-order valence-electron chi connectivity index (χ3n) is 0.609. The van der Waals surface area contributed by atoms with E-state index in [0.717, 1.165) is 0 Å². The van der Waals surface area contributed by atoms with Gasteiger partial charge in [0.05, 0.1) is 0 Å². The largest absolute Gasteiger partial charge is 0.393 e. The second-order valence-corrected chi connectivity index (χ2v) is 1.29. The van der Waals surface area contributed by atoms with Crippen LogP contribution in [0.2, 0.25) is 0 Å². The molecule has 0 aromatic rings. The molecule has 0 radical (unpaired) electrons. The van der Waals surface area contributed by atoms with E-state index >= 15 is 0 Å². The van der Waals surface area contributed by atoms with Crippen LogP contribution in [0, 0.1) is 0 Å². The Bertz CT molecular complexity index is 84.5. The van der Waals surface area contributed by atoms with Gasteiger partial charge >= 0.3 is 0 Å². The molecule has 0 saturated carbocycles. The summed E-state index contributed by atoms with van der Waals surface area (Å²) in [7, 11) is 1.86. The number of hydrogen-bond donors (Lipinski definition) is 2. The molecule has 2 heteroatoms. The van der Waals surface area contributed by atoms with Crippen molar-refractivity contribution in [3.8, 4) is 0 Å². The Hall–Kier alpha value is -0.920. The van der Waals surface area contributed by atoms with Crippen LogP contribution in [0.15, 0.2) is 24.7 Å². The van der Waals surface area contributed by atoms with Crippen LogP contribution in [0.4, 0.5) is 0 Å². The molecule has 0 atom stereocenters. The van der Waals surface area contributed by atoms with Crippen LogP contribution in [-0.2, 0) is 0 Å². The minimum atomic E-state index is 1.82. The van der Waals surface area contributed by atoms with Crippen LogP contribution in [0.1, 0.15) is 6.92 Å². The van der Waals surface area contributed by atoms with E-state index in [4.69, 9.17) is 0 Å². The Morgan fingerprint density at radius 3 is 2.38 bits per heavy atom. The summed E-state index contributed by atoms with van der Waals surface area (Å²) < 4.78 is 0. The van der Waals surface area contributed by atoms with E-state index in [1.807, 2.05) is 38.6 Å². The Balaban J connectivity index is 3.03. The van der Waals surface area contributed by atoms with Crippen molar-refractivity contribution in [1.29, 1.82) is 0 Å². The maximum Gasteiger partial charge on any atom is 0.0163 e. The van der Waals surface area contributed by atoms with E-state index in [-0.39, 0.29) is 0 Å². The molecule has 0 aromatic heterocycles. The molecular weight excluding hydrogens is 100 g/mol. The van der Waals surface area contributed by atoms with E-state index in [2.05, 4.69) is 10.6 Å². The first kappa shape index (κ1) is 7.08. The van der Waals surface area contributed by atoms with Gasteiger partial charge in [-0.25, -0.2) is 0 Å². The maximum atomic E-state index is 2.91. The molecule has 0 spiro atoms.